The summed E-state index contributed by atoms with van der Waals surface area (Å²) in [4.78, 5) is 35.9. The van der Waals surface area contributed by atoms with E-state index in [1.54, 1.807) is 12.1 Å². The van der Waals surface area contributed by atoms with Gasteiger partial charge in [-0.2, -0.15) is 0 Å². The number of amides is 2. The van der Waals surface area contributed by atoms with Crippen LogP contribution in [0.2, 0.25) is 0 Å². The van der Waals surface area contributed by atoms with Gasteiger partial charge in [-0.15, -0.1) is 0 Å². The molecule has 3 rings (SSSR count). The topological polar surface area (TPSA) is 88.4 Å². The Labute approximate surface area is 126 Å². The van der Waals surface area contributed by atoms with E-state index in [0.29, 0.717) is 23.9 Å². The molecular formula is C16H16N2O4. The number of aryl methyl sites for hydroxylation is 1. The average Bonchev–Trinajstić information content (AvgIpc) is 2.49. The fourth-order valence-electron chi connectivity index (χ4n) is 2.51. The van der Waals surface area contributed by atoms with Crippen molar-refractivity contribution < 1.29 is 14.0 Å². The van der Waals surface area contributed by atoms with Crippen LogP contribution in [0.4, 0.5) is 0 Å². The maximum atomic E-state index is 12.2. The summed E-state index contributed by atoms with van der Waals surface area (Å²) in [6, 6.07) is 5.77. The van der Waals surface area contributed by atoms with Gasteiger partial charge in [0.15, 0.2) is 11.2 Å². The van der Waals surface area contributed by atoms with E-state index in [9.17, 15) is 14.4 Å². The molecule has 2 N–H and O–H groups in total. The van der Waals surface area contributed by atoms with Crippen molar-refractivity contribution >= 4 is 22.8 Å². The third kappa shape index (κ3) is 2.72. The van der Waals surface area contributed by atoms with Gasteiger partial charge in [0.2, 0.25) is 5.91 Å². The van der Waals surface area contributed by atoms with Crippen molar-refractivity contribution in [3.8, 4) is 0 Å². The first-order valence-electron chi connectivity index (χ1n) is 7.18. The minimum Gasteiger partial charge on any atom is -0.451 e. The zero-order valence-electron chi connectivity index (χ0n) is 12.1. The number of benzene rings is 1. The summed E-state index contributed by atoms with van der Waals surface area (Å²) in [5.41, 5.74) is 1.02. The summed E-state index contributed by atoms with van der Waals surface area (Å²) in [6.07, 6.45) is 1.38. The molecule has 2 heterocycles. The van der Waals surface area contributed by atoms with Gasteiger partial charge in [-0.25, -0.2) is 0 Å². The first-order valence-corrected chi connectivity index (χ1v) is 7.18. The summed E-state index contributed by atoms with van der Waals surface area (Å²) in [6.45, 7) is 2.49. The van der Waals surface area contributed by atoms with Gasteiger partial charge in [0.05, 0.1) is 5.39 Å². The van der Waals surface area contributed by atoms with Gasteiger partial charge >= 0.3 is 0 Å². The molecule has 114 valence electrons. The van der Waals surface area contributed by atoms with Crippen LogP contribution in [-0.4, -0.2) is 24.4 Å². The van der Waals surface area contributed by atoms with E-state index in [0.717, 1.165) is 18.1 Å². The molecule has 0 saturated carbocycles. The molecule has 0 bridgehead atoms. The lowest BCUT2D eigenvalue weighted by molar-refractivity contribution is -0.124. The highest BCUT2D eigenvalue weighted by molar-refractivity contribution is 5.96. The average molecular weight is 300 g/mol. The largest absolute Gasteiger partial charge is 0.451 e. The summed E-state index contributed by atoms with van der Waals surface area (Å²) in [5, 5.41) is 5.73. The Morgan fingerprint density at radius 2 is 2.14 bits per heavy atom. The molecule has 2 aromatic rings. The number of carbonyl (C=O) groups excluding carboxylic acids is 2. The van der Waals surface area contributed by atoms with Crippen LogP contribution >= 0.6 is 0 Å². The number of piperidine rings is 1. The van der Waals surface area contributed by atoms with Crippen molar-refractivity contribution in [2.24, 2.45) is 0 Å². The molecule has 1 unspecified atom stereocenters. The molecule has 22 heavy (non-hydrogen) atoms. The van der Waals surface area contributed by atoms with E-state index in [1.165, 1.54) is 0 Å². The predicted octanol–water partition coefficient (Wildman–Crippen LogP) is 1.11. The van der Waals surface area contributed by atoms with Gasteiger partial charge in [-0.3, -0.25) is 14.4 Å². The molecule has 1 fully saturated rings. The minimum absolute atomic E-state index is 0.0820. The third-order valence-electron chi connectivity index (χ3n) is 3.70. The van der Waals surface area contributed by atoms with E-state index < -0.39 is 11.9 Å². The van der Waals surface area contributed by atoms with Crippen molar-refractivity contribution in [2.45, 2.75) is 25.8 Å². The van der Waals surface area contributed by atoms with E-state index >= 15 is 0 Å². The van der Waals surface area contributed by atoms with Crippen molar-refractivity contribution in [1.29, 1.82) is 0 Å². The lowest BCUT2D eigenvalue weighted by atomic mass is 10.1. The first-order chi connectivity index (χ1) is 10.5. The van der Waals surface area contributed by atoms with Crippen LogP contribution in [0.15, 0.2) is 33.5 Å². The molecule has 6 heteroatoms. The fourth-order valence-corrected chi connectivity index (χ4v) is 2.51. The number of nitrogens with one attached hydrogen (secondary N) is 2. The molecule has 1 aliphatic heterocycles. The predicted molar refractivity (Wildman–Crippen MR) is 80.7 cm³/mol. The van der Waals surface area contributed by atoms with Crippen LogP contribution in [-0.2, 0) is 4.79 Å². The lowest BCUT2D eigenvalue weighted by Crippen LogP contribution is -2.50. The van der Waals surface area contributed by atoms with Crippen LogP contribution in [0.25, 0.3) is 11.0 Å². The van der Waals surface area contributed by atoms with Gasteiger partial charge in [0.25, 0.3) is 5.91 Å². The second kappa shape index (κ2) is 5.63. The molecule has 6 nitrogen and oxygen atoms in total. The van der Waals surface area contributed by atoms with Crippen molar-refractivity contribution in [3.05, 3.63) is 45.8 Å². The van der Waals surface area contributed by atoms with Crippen LogP contribution in [0, 0.1) is 6.92 Å². The molecule has 1 atom stereocenters. The molecule has 2 amide bonds. The number of rotatable bonds is 2. The highest BCUT2D eigenvalue weighted by Crippen LogP contribution is 2.14. The van der Waals surface area contributed by atoms with E-state index in [1.807, 2.05) is 13.0 Å². The number of carbonyl (C=O) groups is 2. The number of fused-ring (bicyclic) bond motifs is 1. The second-order valence-electron chi connectivity index (χ2n) is 5.43. The van der Waals surface area contributed by atoms with Gasteiger partial charge in [-0.1, -0.05) is 6.07 Å². The van der Waals surface area contributed by atoms with Crippen LogP contribution in [0.3, 0.4) is 0 Å². The van der Waals surface area contributed by atoms with E-state index in [2.05, 4.69) is 10.6 Å². The van der Waals surface area contributed by atoms with Gasteiger partial charge < -0.3 is 15.1 Å². The highest BCUT2D eigenvalue weighted by atomic mass is 16.3. The Hall–Kier alpha value is -2.63. The molecule has 1 aromatic heterocycles. The smallest absolute Gasteiger partial charge is 0.287 e. The van der Waals surface area contributed by atoms with Crippen LogP contribution in [0.1, 0.15) is 29.0 Å². The number of hydrogen-bond donors (Lipinski definition) is 2. The maximum Gasteiger partial charge on any atom is 0.287 e. The van der Waals surface area contributed by atoms with Crippen molar-refractivity contribution in [3.63, 3.8) is 0 Å². The molecule has 0 spiro atoms. The zero-order chi connectivity index (χ0) is 15.7. The molecular weight excluding hydrogens is 284 g/mol. The molecule has 0 aliphatic carbocycles. The van der Waals surface area contributed by atoms with Gasteiger partial charge in [-0.05, 0) is 37.5 Å². The Morgan fingerprint density at radius 3 is 2.91 bits per heavy atom. The van der Waals surface area contributed by atoms with E-state index in [-0.39, 0.29) is 17.1 Å². The normalized spacial score (nSPS) is 18.0. The van der Waals surface area contributed by atoms with Gasteiger partial charge in [0.1, 0.15) is 11.6 Å². The molecule has 1 aromatic carbocycles. The molecule has 1 aliphatic rings. The zero-order valence-corrected chi connectivity index (χ0v) is 12.1. The SMILES string of the molecule is Cc1ccc2c(=O)cc(C(=O)NC3CCCNC3=O)oc2c1. The monoisotopic (exact) mass is 300 g/mol. The quantitative estimate of drug-likeness (QED) is 0.869. The standard InChI is InChI=1S/C16H16N2O4/c1-9-4-5-10-12(19)8-14(22-13(10)7-9)16(21)18-11-3-2-6-17-15(11)20/h4-5,7-8,11H,2-3,6H2,1H3,(H,17,20)(H,18,21). The highest BCUT2D eigenvalue weighted by Gasteiger charge is 2.25. The molecule has 1 saturated heterocycles. The third-order valence-corrected chi connectivity index (χ3v) is 3.70. The molecule has 0 radical (unpaired) electrons. The Bertz CT molecular complexity index is 809. The summed E-state index contributed by atoms with van der Waals surface area (Å²) in [7, 11) is 0. The fraction of sp³-hybridized carbons (Fsp3) is 0.312. The summed E-state index contributed by atoms with van der Waals surface area (Å²) >= 11 is 0. The van der Waals surface area contributed by atoms with Crippen molar-refractivity contribution in [2.75, 3.05) is 6.54 Å². The Morgan fingerprint density at radius 1 is 1.32 bits per heavy atom. The van der Waals surface area contributed by atoms with Crippen molar-refractivity contribution in [1.82, 2.24) is 10.6 Å². The first kappa shape index (κ1) is 14.3. The summed E-state index contributed by atoms with van der Waals surface area (Å²) < 4.78 is 5.52. The lowest BCUT2D eigenvalue weighted by Gasteiger charge is -2.22. The summed E-state index contributed by atoms with van der Waals surface area (Å²) in [5.74, 6) is -0.845. The maximum absolute atomic E-state index is 12.2. The van der Waals surface area contributed by atoms with Crippen LogP contribution in [0.5, 0.6) is 0 Å². The Kier molecular flexibility index (Phi) is 3.66. The second-order valence-corrected chi connectivity index (χ2v) is 5.43. The Balaban J connectivity index is 1.90. The van der Waals surface area contributed by atoms with Crippen LogP contribution < -0.4 is 16.1 Å². The number of hydrogen-bond acceptors (Lipinski definition) is 4. The van der Waals surface area contributed by atoms with E-state index in [4.69, 9.17) is 4.42 Å². The minimum atomic E-state index is -0.584. The van der Waals surface area contributed by atoms with Gasteiger partial charge in [0, 0.05) is 12.6 Å².